The van der Waals surface area contributed by atoms with Crippen molar-refractivity contribution >= 4 is 27.3 Å². The first kappa shape index (κ1) is 19.4. The smallest absolute Gasteiger partial charge is 0.236 e. The maximum atomic E-state index is 12.5. The van der Waals surface area contributed by atoms with Gasteiger partial charge in [-0.2, -0.15) is 0 Å². The molecule has 0 bridgehead atoms. The van der Waals surface area contributed by atoms with Crippen molar-refractivity contribution in [2.75, 3.05) is 16.2 Å². The van der Waals surface area contributed by atoms with Crippen LogP contribution >= 0.6 is 0 Å². The highest BCUT2D eigenvalue weighted by atomic mass is 32.2. The van der Waals surface area contributed by atoms with Crippen LogP contribution in [0.5, 0.6) is 0 Å². The van der Waals surface area contributed by atoms with Gasteiger partial charge in [-0.3, -0.25) is 9.52 Å². The van der Waals surface area contributed by atoms with Gasteiger partial charge >= 0.3 is 0 Å². The molecule has 27 heavy (non-hydrogen) atoms. The predicted molar refractivity (Wildman–Crippen MR) is 109 cm³/mol. The number of benzene rings is 2. The molecule has 2 aromatic carbocycles. The van der Waals surface area contributed by atoms with Crippen molar-refractivity contribution in [1.82, 2.24) is 0 Å². The zero-order chi connectivity index (χ0) is 19.4. The quantitative estimate of drug-likeness (QED) is 0.782. The standard InChI is InChI=1S/C21H26N2O3S/c1-3-4-13-23-20-11-10-19(14-18(20)9-12-21(23)24)22-27(25,26)15-17-7-5-16(2)6-8-17/h5-8,10-11,14,22H,3-4,9,12-13,15H2,1-2H3. The van der Waals surface area contributed by atoms with Crippen LogP contribution in [-0.4, -0.2) is 20.9 Å². The van der Waals surface area contributed by atoms with Crippen LogP contribution in [0, 0.1) is 6.92 Å². The molecule has 144 valence electrons. The summed E-state index contributed by atoms with van der Waals surface area (Å²) < 4.78 is 27.7. The van der Waals surface area contributed by atoms with Gasteiger partial charge in [-0.1, -0.05) is 43.2 Å². The van der Waals surface area contributed by atoms with Gasteiger partial charge in [-0.15, -0.1) is 0 Å². The monoisotopic (exact) mass is 386 g/mol. The fraction of sp³-hybridized carbons (Fsp3) is 0.381. The van der Waals surface area contributed by atoms with Crippen LogP contribution in [0.25, 0.3) is 0 Å². The molecule has 5 nitrogen and oxygen atoms in total. The number of sulfonamides is 1. The minimum absolute atomic E-state index is 0.0640. The molecule has 1 heterocycles. The molecule has 6 heteroatoms. The van der Waals surface area contributed by atoms with Gasteiger partial charge in [0.2, 0.25) is 15.9 Å². The summed E-state index contributed by atoms with van der Waals surface area (Å²) in [6.07, 6.45) is 3.09. The molecule has 2 aromatic rings. The van der Waals surface area contributed by atoms with E-state index in [-0.39, 0.29) is 11.7 Å². The van der Waals surface area contributed by atoms with E-state index in [2.05, 4.69) is 11.6 Å². The molecular formula is C21H26N2O3S. The Morgan fingerprint density at radius 1 is 1.07 bits per heavy atom. The SMILES string of the molecule is CCCCN1C(=O)CCc2cc(NS(=O)(=O)Cc3ccc(C)cc3)ccc21. The molecule has 0 fully saturated rings. The van der Waals surface area contributed by atoms with Crippen molar-refractivity contribution in [1.29, 1.82) is 0 Å². The molecule has 0 unspecified atom stereocenters. The van der Waals surface area contributed by atoms with Crippen molar-refractivity contribution in [3.05, 3.63) is 59.2 Å². The summed E-state index contributed by atoms with van der Waals surface area (Å²) in [6, 6.07) is 12.9. The first-order chi connectivity index (χ1) is 12.9. The molecule has 1 N–H and O–H groups in total. The Morgan fingerprint density at radius 2 is 1.81 bits per heavy atom. The lowest BCUT2D eigenvalue weighted by Gasteiger charge is -2.29. The molecule has 0 spiro atoms. The lowest BCUT2D eigenvalue weighted by molar-refractivity contribution is -0.118. The fourth-order valence-corrected chi connectivity index (χ4v) is 4.49. The number of hydrogen-bond donors (Lipinski definition) is 1. The largest absolute Gasteiger partial charge is 0.312 e. The molecule has 0 saturated heterocycles. The summed E-state index contributed by atoms with van der Waals surface area (Å²) in [4.78, 5) is 14.0. The highest BCUT2D eigenvalue weighted by molar-refractivity contribution is 7.91. The minimum Gasteiger partial charge on any atom is -0.312 e. The van der Waals surface area contributed by atoms with Crippen LogP contribution in [0.2, 0.25) is 0 Å². The van der Waals surface area contributed by atoms with E-state index in [0.29, 0.717) is 25.1 Å². The molecule has 1 amide bonds. The maximum absolute atomic E-state index is 12.5. The number of carbonyl (C=O) groups is 1. The highest BCUT2D eigenvalue weighted by Crippen LogP contribution is 2.31. The van der Waals surface area contributed by atoms with E-state index in [0.717, 1.165) is 35.2 Å². The van der Waals surface area contributed by atoms with E-state index < -0.39 is 10.0 Å². The van der Waals surface area contributed by atoms with Gasteiger partial charge in [-0.25, -0.2) is 8.42 Å². The molecule has 0 aromatic heterocycles. The van der Waals surface area contributed by atoms with Gasteiger partial charge in [-0.05, 0) is 49.1 Å². The Morgan fingerprint density at radius 3 is 2.52 bits per heavy atom. The number of nitrogens with zero attached hydrogens (tertiary/aromatic N) is 1. The number of hydrogen-bond acceptors (Lipinski definition) is 3. The third kappa shape index (κ3) is 4.89. The Balaban J connectivity index is 1.76. The van der Waals surface area contributed by atoms with Crippen molar-refractivity contribution in [2.24, 2.45) is 0 Å². The average molecular weight is 387 g/mol. The van der Waals surface area contributed by atoms with Gasteiger partial charge in [0.25, 0.3) is 0 Å². The van der Waals surface area contributed by atoms with E-state index >= 15 is 0 Å². The maximum Gasteiger partial charge on any atom is 0.236 e. The third-order valence-corrected chi connectivity index (χ3v) is 6.03. The number of nitrogens with one attached hydrogen (secondary N) is 1. The van der Waals surface area contributed by atoms with Gasteiger partial charge in [0.05, 0.1) is 5.75 Å². The Hall–Kier alpha value is -2.34. The summed E-state index contributed by atoms with van der Waals surface area (Å²) in [5, 5.41) is 0. The Kier molecular flexibility index (Phi) is 5.85. The number of rotatable bonds is 7. The van der Waals surface area contributed by atoms with Crippen LogP contribution in [0.15, 0.2) is 42.5 Å². The second-order valence-corrected chi connectivity index (χ2v) is 8.81. The number of fused-ring (bicyclic) bond motifs is 1. The fourth-order valence-electron chi connectivity index (χ4n) is 3.30. The first-order valence-electron chi connectivity index (χ1n) is 9.37. The van der Waals surface area contributed by atoms with Crippen molar-refractivity contribution < 1.29 is 13.2 Å². The van der Waals surface area contributed by atoms with Crippen LogP contribution in [-0.2, 0) is 27.0 Å². The first-order valence-corrected chi connectivity index (χ1v) is 11.0. The van der Waals surface area contributed by atoms with Crippen molar-refractivity contribution in [2.45, 2.75) is 45.3 Å². The molecule has 0 saturated carbocycles. The van der Waals surface area contributed by atoms with Gasteiger partial charge in [0.15, 0.2) is 0 Å². The number of unbranched alkanes of at least 4 members (excludes halogenated alkanes) is 1. The molecular weight excluding hydrogens is 360 g/mol. The highest BCUT2D eigenvalue weighted by Gasteiger charge is 2.24. The lowest BCUT2D eigenvalue weighted by atomic mass is 10.00. The predicted octanol–water partition coefficient (Wildman–Crippen LogP) is 4.02. The molecule has 1 aliphatic heterocycles. The third-order valence-electron chi connectivity index (χ3n) is 4.77. The van der Waals surface area contributed by atoms with Gasteiger partial charge in [0.1, 0.15) is 0 Å². The number of anilines is 2. The zero-order valence-corrected chi connectivity index (χ0v) is 16.7. The summed E-state index contributed by atoms with van der Waals surface area (Å²) in [5.41, 5.74) is 4.32. The molecule has 0 aliphatic carbocycles. The Bertz CT molecular complexity index is 921. The van der Waals surface area contributed by atoms with Crippen LogP contribution in [0.3, 0.4) is 0 Å². The van der Waals surface area contributed by atoms with E-state index in [4.69, 9.17) is 0 Å². The number of amides is 1. The molecule has 1 aliphatic rings. The van der Waals surface area contributed by atoms with Crippen LogP contribution in [0.4, 0.5) is 11.4 Å². The summed E-state index contributed by atoms with van der Waals surface area (Å²) >= 11 is 0. The molecule has 0 atom stereocenters. The average Bonchev–Trinajstić information content (AvgIpc) is 2.62. The van der Waals surface area contributed by atoms with Crippen LogP contribution < -0.4 is 9.62 Å². The van der Waals surface area contributed by atoms with E-state index in [1.165, 1.54) is 0 Å². The topological polar surface area (TPSA) is 66.5 Å². The number of carbonyl (C=O) groups excluding carboxylic acids is 1. The lowest BCUT2D eigenvalue weighted by Crippen LogP contribution is -2.35. The van der Waals surface area contributed by atoms with E-state index in [1.807, 2.05) is 48.2 Å². The summed E-state index contributed by atoms with van der Waals surface area (Å²) in [5.74, 6) is 0.0783. The van der Waals surface area contributed by atoms with E-state index in [9.17, 15) is 13.2 Å². The normalized spacial score (nSPS) is 14.1. The van der Waals surface area contributed by atoms with Gasteiger partial charge < -0.3 is 4.90 Å². The number of aryl methyl sites for hydroxylation is 2. The van der Waals surface area contributed by atoms with E-state index in [1.54, 1.807) is 6.07 Å². The summed E-state index contributed by atoms with van der Waals surface area (Å²) in [7, 11) is -3.50. The molecule has 0 radical (unpaired) electrons. The zero-order valence-electron chi connectivity index (χ0n) is 15.9. The Labute approximate surface area is 161 Å². The second kappa shape index (κ2) is 8.13. The summed E-state index contributed by atoms with van der Waals surface area (Å²) in [6.45, 7) is 4.78. The van der Waals surface area contributed by atoms with Crippen LogP contribution in [0.1, 0.15) is 42.9 Å². The van der Waals surface area contributed by atoms with Gasteiger partial charge in [0, 0.05) is 24.3 Å². The van der Waals surface area contributed by atoms with Crippen molar-refractivity contribution in [3.8, 4) is 0 Å². The minimum atomic E-state index is -3.50. The van der Waals surface area contributed by atoms with Crippen molar-refractivity contribution in [3.63, 3.8) is 0 Å². The second-order valence-electron chi connectivity index (χ2n) is 7.09. The molecule has 3 rings (SSSR count).